The van der Waals surface area contributed by atoms with Gasteiger partial charge in [-0.1, -0.05) is 17.7 Å². The van der Waals surface area contributed by atoms with Gasteiger partial charge in [0.2, 0.25) is 5.91 Å². The van der Waals surface area contributed by atoms with Gasteiger partial charge in [0.05, 0.1) is 18.1 Å². The van der Waals surface area contributed by atoms with E-state index in [9.17, 15) is 9.59 Å². The highest BCUT2D eigenvalue weighted by atomic mass is 35.5. The van der Waals surface area contributed by atoms with Crippen molar-refractivity contribution in [3.63, 3.8) is 0 Å². The van der Waals surface area contributed by atoms with Crippen LogP contribution in [0.25, 0.3) is 10.9 Å². The number of benzene rings is 1. The van der Waals surface area contributed by atoms with Crippen LogP contribution in [0, 0.1) is 0 Å². The smallest absolute Gasteiger partial charge is 0.268 e. The first kappa shape index (κ1) is 17.0. The predicted molar refractivity (Wildman–Crippen MR) is 95.2 cm³/mol. The fourth-order valence-electron chi connectivity index (χ4n) is 2.73. The number of nitrogens with two attached hydrogens (primary N) is 1. The van der Waals surface area contributed by atoms with Crippen molar-refractivity contribution in [2.45, 2.75) is 19.5 Å². The highest BCUT2D eigenvalue weighted by Crippen LogP contribution is 2.23. The van der Waals surface area contributed by atoms with E-state index < -0.39 is 5.91 Å². The second kappa shape index (κ2) is 6.60. The van der Waals surface area contributed by atoms with Crippen molar-refractivity contribution in [3.8, 4) is 0 Å². The number of imidazole rings is 1. The molecule has 7 nitrogen and oxygen atoms in total. The van der Waals surface area contributed by atoms with E-state index >= 15 is 0 Å². The summed E-state index contributed by atoms with van der Waals surface area (Å²) in [5.41, 5.74) is 7.22. The SMILES string of the molecule is CC(NC(=O)c1cc2ccc(Cl)cc2n1C)c1cn(CC(N)=O)cn1. The van der Waals surface area contributed by atoms with Crippen molar-refractivity contribution in [2.75, 3.05) is 0 Å². The average molecular weight is 360 g/mol. The van der Waals surface area contributed by atoms with E-state index in [0.717, 1.165) is 10.9 Å². The van der Waals surface area contributed by atoms with Crippen LogP contribution >= 0.6 is 11.6 Å². The standard InChI is InChI=1S/C17H18ClN5O2/c1-10(13-7-23(9-20-13)8-16(19)24)21-17(25)15-5-11-3-4-12(18)6-14(11)22(15)2/h3-7,9-10H,8H2,1-2H3,(H2,19,24)(H,21,25). The van der Waals surface area contributed by atoms with Gasteiger partial charge >= 0.3 is 0 Å². The van der Waals surface area contributed by atoms with Crippen LogP contribution in [0.1, 0.15) is 29.1 Å². The number of carbonyl (C=O) groups is 2. The van der Waals surface area contributed by atoms with Crippen molar-refractivity contribution in [1.82, 2.24) is 19.4 Å². The van der Waals surface area contributed by atoms with Crippen molar-refractivity contribution in [1.29, 1.82) is 0 Å². The molecule has 1 aromatic carbocycles. The molecule has 0 aliphatic rings. The number of hydrogen-bond donors (Lipinski definition) is 2. The van der Waals surface area contributed by atoms with Gasteiger partial charge in [-0.05, 0) is 25.1 Å². The summed E-state index contributed by atoms with van der Waals surface area (Å²) in [7, 11) is 1.82. The van der Waals surface area contributed by atoms with Gasteiger partial charge in [-0.15, -0.1) is 0 Å². The Morgan fingerprint density at radius 3 is 2.84 bits per heavy atom. The number of halogens is 1. The molecule has 0 bridgehead atoms. The molecule has 0 spiro atoms. The summed E-state index contributed by atoms with van der Waals surface area (Å²) in [5.74, 6) is -0.665. The highest BCUT2D eigenvalue weighted by molar-refractivity contribution is 6.31. The van der Waals surface area contributed by atoms with Crippen LogP contribution in [0.5, 0.6) is 0 Å². The second-order valence-electron chi connectivity index (χ2n) is 5.92. The Hall–Kier alpha value is -2.80. The van der Waals surface area contributed by atoms with Gasteiger partial charge in [0.25, 0.3) is 5.91 Å². The molecule has 8 heteroatoms. The third-order valence-corrected chi connectivity index (χ3v) is 4.26. The Kier molecular flexibility index (Phi) is 4.50. The molecular formula is C17H18ClN5O2. The Labute approximate surface area is 149 Å². The summed E-state index contributed by atoms with van der Waals surface area (Å²) in [5, 5.41) is 4.47. The van der Waals surface area contributed by atoms with E-state index in [-0.39, 0.29) is 18.5 Å². The van der Waals surface area contributed by atoms with Gasteiger partial charge in [-0.25, -0.2) is 4.98 Å². The molecule has 0 fully saturated rings. The van der Waals surface area contributed by atoms with Crippen molar-refractivity contribution in [3.05, 3.63) is 53.2 Å². The van der Waals surface area contributed by atoms with Crippen LogP contribution in [-0.4, -0.2) is 25.9 Å². The van der Waals surface area contributed by atoms with Crippen molar-refractivity contribution >= 4 is 34.3 Å². The van der Waals surface area contributed by atoms with Crippen molar-refractivity contribution in [2.24, 2.45) is 12.8 Å². The number of nitrogens with zero attached hydrogens (tertiary/aromatic N) is 3. The minimum atomic E-state index is -0.449. The van der Waals surface area contributed by atoms with Gasteiger partial charge in [0.1, 0.15) is 12.2 Å². The molecule has 3 N–H and O–H groups in total. The molecule has 1 atom stereocenters. The lowest BCUT2D eigenvalue weighted by Crippen LogP contribution is -2.28. The van der Waals surface area contributed by atoms with E-state index in [1.807, 2.05) is 32.2 Å². The third-order valence-electron chi connectivity index (χ3n) is 4.02. The van der Waals surface area contributed by atoms with Gasteiger partial charge in [0, 0.05) is 29.2 Å². The van der Waals surface area contributed by atoms with Gasteiger partial charge in [0.15, 0.2) is 0 Å². The Morgan fingerprint density at radius 1 is 1.36 bits per heavy atom. The molecule has 130 valence electrons. The Bertz CT molecular complexity index is 959. The fourth-order valence-corrected chi connectivity index (χ4v) is 2.90. The zero-order valence-electron chi connectivity index (χ0n) is 13.9. The number of amides is 2. The number of primary amides is 1. The summed E-state index contributed by atoms with van der Waals surface area (Å²) < 4.78 is 3.38. The molecule has 0 saturated carbocycles. The van der Waals surface area contributed by atoms with E-state index in [0.29, 0.717) is 16.4 Å². The van der Waals surface area contributed by atoms with Crippen LogP contribution in [0.4, 0.5) is 0 Å². The van der Waals surface area contributed by atoms with E-state index in [1.165, 1.54) is 6.33 Å². The largest absolute Gasteiger partial charge is 0.368 e. The summed E-state index contributed by atoms with van der Waals surface area (Å²) >= 11 is 6.02. The summed E-state index contributed by atoms with van der Waals surface area (Å²) in [6.45, 7) is 1.88. The Balaban J connectivity index is 1.78. The molecule has 2 amide bonds. The summed E-state index contributed by atoms with van der Waals surface area (Å²) in [6, 6.07) is 6.99. The molecule has 3 rings (SSSR count). The maximum absolute atomic E-state index is 12.6. The summed E-state index contributed by atoms with van der Waals surface area (Å²) in [4.78, 5) is 27.8. The molecule has 2 heterocycles. The fraction of sp³-hybridized carbons (Fsp3) is 0.235. The minimum absolute atomic E-state index is 0.0532. The maximum atomic E-state index is 12.6. The zero-order chi connectivity index (χ0) is 18.1. The average Bonchev–Trinajstić information content (AvgIpc) is 3.12. The first-order valence-electron chi connectivity index (χ1n) is 7.71. The van der Waals surface area contributed by atoms with Crippen LogP contribution in [0.2, 0.25) is 5.02 Å². The van der Waals surface area contributed by atoms with E-state index in [4.69, 9.17) is 17.3 Å². The predicted octanol–water partition coefficient (Wildman–Crippen LogP) is 2.00. The third kappa shape index (κ3) is 3.51. The lowest BCUT2D eigenvalue weighted by Gasteiger charge is -2.12. The molecular weight excluding hydrogens is 342 g/mol. The van der Waals surface area contributed by atoms with Crippen molar-refractivity contribution < 1.29 is 9.59 Å². The number of fused-ring (bicyclic) bond motifs is 1. The highest BCUT2D eigenvalue weighted by Gasteiger charge is 2.18. The number of carbonyl (C=O) groups excluding carboxylic acids is 2. The maximum Gasteiger partial charge on any atom is 0.268 e. The molecule has 0 aliphatic carbocycles. The van der Waals surface area contributed by atoms with Gasteiger partial charge in [-0.3, -0.25) is 9.59 Å². The normalized spacial score (nSPS) is 12.3. The lowest BCUT2D eigenvalue weighted by atomic mass is 10.2. The summed E-state index contributed by atoms with van der Waals surface area (Å²) in [6.07, 6.45) is 3.21. The van der Waals surface area contributed by atoms with Crippen LogP contribution in [-0.2, 0) is 18.4 Å². The monoisotopic (exact) mass is 359 g/mol. The van der Waals surface area contributed by atoms with Gasteiger partial charge < -0.3 is 20.2 Å². The first-order valence-corrected chi connectivity index (χ1v) is 8.09. The number of nitrogens with one attached hydrogen (secondary N) is 1. The number of aromatic nitrogens is 3. The minimum Gasteiger partial charge on any atom is -0.368 e. The molecule has 1 unspecified atom stereocenters. The molecule has 0 aliphatic heterocycles. The van der Waals surface area contributed by atoms with Crippen LogP contribution < -0.4 is 11.1 Å². The van der Waals surface area contributed by atoms with Crippen LogP contribution in [0.15, 0.2) is 36.8 Å². The zero-order valence-corrected chi connectivity index (χ0v) is 14.6. The molecule has 3 aromatic rings. The van der Waals surface area contributed by atoms with E-state index in [2.05, 4.69) is 10.3 Å². The lowest BCUT2D eigenvalue weighted by molar-refractivity contribution is -0.118. The quantitative estimate of drug-likeness (QED) is 0.729. The topological polar surface area (TPSA) is 94.9 Å². The van der Waals surface area contributed by atoms with Crippen LogP contribution in [0.3, 0.4) is 0 Å². The molecule has 25 heavy (non-hydrogen) atoms. The number of hydrogen-bond acceptors (Lipinski definition) is 3. The first-order chi connectivity index (χ1) is 11.8. The van der Waals surface area contributed by atoms with Gasteiger partial charge in [-0.2, -0.15) is 0 Å². The number of aryl methyl sites for hydroxylation is 1. The number of rotatable bonds is 5. The molecule has 0 radical (unpaired) electrons. The second-order valence-corrected chi connectivity index (χ2v) is 6.36. The van der Waals surface area contributed by atoms with E-state index in [1.54, 1.807) is 21.4 Å². The molecule has 0 saturated heterocycles. The molecule has 2 aromatic heterocycles. The Morgan fingerprint density at radius 2 is 2.12 bits per heavy atom.